The summed E-state index contributed by atoms with van der Waals surface area (Å²) >= 11 is 12.2. The van der Waals surface area contributed by atoms with E-state index in [-0.39, 0.29) is 24.3 Å². The van der Waals surface area contributed by atoms with E-state index in [0.29, 0.717) is 28.6 Å². The van der Waals surface area contributed by atoms with Crippen LogP contribution in [-0.4, -0.2) is 32.8 Å². The molecule has 138 valence electrons. The fourth-order valence-electron chi connectivity index (χ4n) is 3.20. The first kappa shape index (κ1) is 18.7. The average molecular weight is 396 g/mol. The van der Waals surface area contributed by atoms with E-state index in [2.05, 4.69) is 10.4 Å². The second-order valence-corrected chi connectivity index (χ2v) is 7.45. The maximum Gasteiger partial charge on any atom is 0.306 e. The van der Waals surface area contributed by atoms with Crippen molar-refractivity contribution in [3.8, 4) is 5.69 Å². The third kappa shape index (κ3) is 3.71. The Morgan fingerprint density at radius 3 is 2.62 bits per heavy atom. The number of aliphatic carboxylic acids is 1. The lowest BCUT2D eigenvalue weighted by molar-refractivity contribution is -0.146. The number of carboxylic acid groups (broad SMARTS) is 1. The van der Waals surface area contributed by atoms with Crippen molar-refractivity contribution in [3.63, 3.8) is 0 Å². The number of benzene rings is 1. The monoisotopic (exact) mass is 395 g/mol. The fourth-order valence-corrected chi connectivity index (χ4v) is 3.68. The molecule has 1 aliphatic rings. The average Bonchev–Trinajstić information content (AvgIpc) is 2.78. The van der Waals surface area contributed by atoms with Crippen LogP contribution < -0.4 is 5.32 Å². The number of hydrogen-bond acceptors (Lipinski definition) is 3. The van der Waals surface area contributed by atoms with E-state index in [4.69, 9.17) is 28.3 Å². The van der Waals surface area contributed by atoms with E-state index in [1.54, 1.807) is 22.9 Å². The summed E-state index contributed by atoms with van der Waals surface area (Å²) in [6.07, 6.45) is 1.16. The number of carbonyl (C=O) groups is 2. The van der Waals surface area contributed by atoms with Crippen molar-refractivity contribution < 1.29 is 14.7 Å². The second-order valence-electron chi connectivity index (χ2n) is 6.60. The molecule has 1 aliphatic carbocycles. The number of carboxylic acids is 1. The first-order valence-corrected chi connectivity index (χ1v) is 9.04. The zero-order chi connectivity index (χ0) is 19.0. The highest BCUT2D eigenvalue weighted by atomic mass is 35.5. The molecule has 1 fully saturated rings. The van der Waals surface area contributed by atoms with E-state index in [9.17, 15) is 9.59 Å². The smallest absolute Gasteiger partial charge is 0.306 e. The highest BCUT2D eigenvalue weighted by molar-refractivity contribution is 6.35. The highest BCUT2D eigenvalue weighted by Gasteiger charge is 2.35. The first-order chi connectivity index (χ1) is 12.3. The molecule has 0 spiro atoms. The van der Waals surface area contributed by atoms with E-state index in [0.717, 1.165) is 17.0 Å². The van der Waals surface area contributed by atoms with Crippen LogP contribution in [0, 0.1) is 19.8 Å². The summed E-state index contributed by atoms with van der Waals surface area (Å²) in [5.74, 6) is -1.28. The summed E-state index contributed by atoms with van der Waals surface area (Å²) in [6, 6.07) is 5.11. The minimum absolute atomic E-state index is 0.0648. The summed E-state index contributed by atoms with van der Waals surface area (Å²) in [5.41, 5.74) is 3.12. The Morgan fingerprint density at radius 2 is 2.00 bits per heavy atom. The van der Waals surface area contributed by atoms with Crippen LogP contribution in [0.15, 0.2) is 18.2 Å². The van der Waals surface area contributed by atoms with Crippen molar-refractivity contribution >= 4 is 35.1 Å². The van der Waals surface area contributed by atoms with Gasteiger partial charge >= 0.3 is 5.97 Å². The Kier molecular flexibility index (Phi) is 5.25. The standard InChI is InChI=1S/C18H19Cl2N3O3/c1-9-14(8-17(24)21-13-5-11(6-13)18(25)26)10(2)23(22-9)16-4-3-12(19)7-15(16)20/h3-4,7,11,13H,5-6,8H2,1-2H3,(H,21,24)(H,25,26). The predicted octanol–water partition coefficient (Wildman–Crippen LogP) is 3.32. The fraction of sp³-hybridized carbons (Fsp3) is 0.389. The van der Waals surface area contributed by atoms with Gasteiger partial charge in [0.1, 0.15) is 0 Å². The summed E-state index contributed by atoms with van der Waals surface area (Å²) in [4.78, 5) is 23.2. The van der Waals surface area contributed by atoms with Gasteiger partial charge in [-0.2, -0.15) is 5.10 Å². The molecular weight excluding hydrogens is 377 g/mol. The van der Waals surface area contributed by atoms with Crippen molar-refractivity contribution in [1.29, 1.82) is 0 Å². The van der Waals surface area contributed by atoms with Crippen molar-refractivity contribution in [1.82, 2.24) is 15.1 Å². The molecule has 0 unspecified atom stereocenters. The van der Waals surface area contributed by atoms with Gasteiger partial charge in [0.15, 0.2) is 0 Å². The largest absolute Gasteiger partial charge is 0.481 e. The summed E-state index contributed by atoms with van der Waals surface area (Å²) in [6.45, 7) is 3.73. The topological polar surface area (TPSA) is 84.2 Å². The minimum Gasteiger partial charge on any atom is -0.481 e. The molecule has 0 aliphatic heterocycles. The van der Waals surface area contributed by atoms with Gasteiger partial charge in [-0.15, -0.1) is 0 Å². The molecule has 2 N–H and O–H groups in total. The molecule has 6 nitrogen and oxygen atoms in total. The van der Waals surface area contributed by atoms with Crippen LogP contribution >= 0.6 is 23.2 Å². The Balaban J connectivity index is 1.72. The van der Waals surface area contributed by atoms with E-state index >= 15 is 0 Å². The van der Waals surface area contributed by atoms with Gasteiger partial charge in [-0.05, 0) is 44.9 Å². The minimum atomic E-state index is -0.802. The van der Waals surface area contributed by atoms with Gasteiger partial charge in [0.05, 0.1) is 28.7 Å². The number of aryl methyl sites for hydroxylation is 1. The highest BCUT2D eigenvalue weighted by Crippen LogP contribution is 2.29. The maximum atomic E-state index is 12.3. The van der Waals surface area contributed by atoms with Crippen LogP contribution in [0.2, 0.25) is 10.0 Å². The zero-order valence-corrected chi connectivity index (χ0v) is 15.9. The number of halogens is 2. The number of carbonyl (C=O) groups excluding carboxylic acids is 1. The van der Waals surface area contributed by atoms with Crippen molar-refractivity contribution in [3.05, 3.63) is 45.2 Å². The SMILES string of the molecule is Cc1nn(-c2ccc(Cl)cc2Cl)c(C)c1CC(=O)NC1CC(C(=O)O)C1. The Morgan fingerprint density at radius 1 is 1.31 bits per heavy atom. The molecule has 8 heteroatoms. The second kappa shape index (κ2) is 7.29. The van der Waals surface area contributed by atoms with Gasteiger partial charge in [-0.25, -0.2) is 4.68 Å². The molecule has 0 bridgehead atoms. The van der Waals surface area contributed by atoms with Crippen LogP contribution in [-0.2, 0) is 16.0 Å². The number of rotatable bonds is 5. The number of hydrogen-bond donors (Lipinski definition) is 2. The van der Waals surface area contributed by atoms with Crippen molar-refractivity contribution in [2.75, 3.05) is 0 Å². The molecule has 1 heterocycles. The van der Waals surface area contributed by atoms with Gasteiger partial charge in [-0.1, -0.05) is 23.2 Å². The maximum absolute atomic E-state index is 12.3. The molecule has 0 atom stereocenters. The summed E-state index contributed by atoms with van der Waals surface area (Å²) < 4.78 is 1.71. The van der Waals surface area contributed by atoms with E-state index < -0.39 is 5.97 Å². The Bertz CT molecular complexity index is 873. The summed E-state index contributed by atoms with van der Waals surface area (Å²) in [7, 11) is 0. The predicted molar refractivity (Wildman–Crippen MR) is 99.1 cm³/mol. The molecule has 2 aromatic rings. The third-order valence-electron chi connectivity index (χ3n) is 4.77. The number of nitrogens with zero attached hydrogens (tertiary/aromatic N) is 2. The molecule has 1 amide bonds. The van der Waals surface area contributed by atoms with Gasteiger partial charge < -0.3 is 10.4 Å². The van der Waals surface area contributed by atoms with E-state index in [1.807, 2.05) is 13.8 Å². The third-order valence-corrected chi connectivity index (χ3v) is 5.31. The van der Waals surface area contributed by atoms with Crippen molar-refractivity contribution in [2.24, 2.45) is 5.92 Å². The van der Waals surface area contributed by atoms with Gasteiger partial charge in [0, 0.05) is 22.3 Å². The lowest BCUT2D eigenvalue weighted by Crippen LogP contribution is -2.47. The lowest BCUT2D eigenvalue weighted by atomic mass is 9.80. The Hall–Kier alpha value is -2.05. The molecule has 0 radical (unpaired) electrons. The van der Waals surface area contributed by atoms with Crippen LogP contribution in [0.4, 0.5) is 0 Å². The zero-order valence-electron chi connectivity index (χ0n) is 14.4. The molecule has 3 rings (SSSR count). The summed E-state index contributed by atoms with van der Waals surface area (Å²) in [5, 5.41) is 17.3. The van der Waals surface area contributed by atoms with Crippen LogP contribution in [0.25, 0.3) is 5.69 Å². The van der Waals surface area contributed by atoms with Gasteiger partial charge in [0.25, 0.3) is 0 Å². The van der Waals surface area contributed by atoms with Gasteiger partial charge in [0.2, 0.25) is 5.91 Å². The molecule has 0 saturated heterocycles. The Labute approximate surface area is 161 Å². The number of aromatic nitrogens is 2. The quantitative estimate of drug-likeness (QED) is 0.812. The van der Waals surface area contributed by atoms with E-state index in [1.165, 1.54) is 0 Å². The lowest BCUT2D eigenvalue weighted by Gasteiger charge is -2.32. The molecule has 1 aromatic heterocycles. The van der Waals surface area contributed by atoms with Crippen molar-refractivity contribution in [2.45, 2.75) is 39.2 Å². The molecular formula is C18H19Cl2N3O3. The number of nitrogens with one attached hydrogen (secondary N) is 1. The normalized spacial score (nSPS) is 19.1. The molecule has 1 saturated carbocycles. The molecule has 26 heavy (non-hydrogen) atoms. The van der Waals surface area contributed by atoms with Crippen LogP contribution in [0.3, 0.4) is 0 Å². The first-order valence-electron chi connectivity index (χ1n) is 8.29. The van der Waals surface area contributed by atoms with Crippen LogP contribution in [0.1, 0.15) is 29.8 Å². The van der Waals surface area contributed by atoms with Gasteiger partial charge in [-0.3, -0.25) is 9.59 Å². The van der Waals surface area contributed by atoms with Crippen LogP contribution in [0.5, 0.6) is 0 Å². The number of amides is 1. The molecule has 1 aromatic carbocycles.